The highest BCUT2D eigenvalue weighted by atomic mass is 35.5. The summed E-state index contributed by atoms with van der Waals surface area (Å²) < 4.78 is 5.90. The Labute approximate surface area is 151 Å². The van der Waals surface area contributed by atoms with Crippen molar-refractivity contribution in [2.75, 3.05) is 12.5 Å². The number of aryl methyl sites for hydroxylation is 3. The minimum atomic E-state index is 0.669. The van der Waals surface area contributed by atoms with Gasteiger partial charge in [-0.1, -0.05) is 32.0 Å². The maximum Gasteiger partial charge on any atom is 0.126 e. The minimum Gasteiger partial charge on any atom is -0.493 e. The summed E-state index contributed by atoms with van der Waals surface area (Å²) in [6, 6.07) is 8.66. The molecule has 3 heteroatoms. The SMILES string of the molecule is CCOc1cc(-c2c(CC)cccc2CC)ncc1CCCCCl. The summed E-state index contributed by atoms with van der Waals surface area (Å²) in [6.07, 6.45) is 7.05. The maximum atomic E-state index is 5.90. The molecule has 0 N–H and O–H groups in total. The van der Waals surface area contributed by atoms with Gasteiger partial charge in [-0.15, -0.1) is 11.6 Å². The zero-order chi connectivity index (χ0) is 17.4. The summed E-state index contributed by atoms with van der Waals surface area (Å²) >= 11 is 5.79. The van der Waals surface area contributed by atoms with E-state index in [0.717, 1.165) is 43.5 Å². The molecule has 130 valence electrons. The van der Waals surface area contributed by atoms with E-state index in [9.17, 15) is 0 Å². The molecule has 0 unspecified atom stereocenters. The van der Waals surface area contributed by atoms with E-state index in [1.807, 2.05) is 13.1 Å². The summed E-state index contributed by atoms with van der Waals surface area (Å²) in [4.78, 5) is 4.77. The third-order valence-electron chi connectivity index (χ3n) is 4.33. The number of hydrogen-bond donors (Lipinski definition) is 0. The van der Waals surface area contributed by atoms with Crippen LogP contribution in [0.25, 0.3) is 11.3 Å². The second kappa shape index (κ2) is 9.68. The molecule has 1 aromatic carbocycles. The highest BCUT2D eigenvalue weighted by Crippen LogP contribution is 2.31. The Kier molecular flexibility index (Phi) is 7.58. The van der Waals surface area contributed by atoms with E-state index in [0.29, 0.717) is 12.5 Å². The van der Waals surface area contributed by atoms with Crippen molar-refractivity contribution in [1.29, 1.82) is 0 Å². The van der Waals surface area contributed by atoms with Gasteiger partial charge in [0.15, 0.2) is 0 Å². The fraction of sp³-hybridized carbons (Fsp3) is 0.476. The molecule has 1 aromatic heterocycles. The summed E-state index contributed by atoms with van der Waals surface area (Å²) in [7, 11) is 0. The molecule has 2 aromatic rings. The first-order chi connectivity index (χ1) is 11.7. The van der Waals surface area contributed by atoms with Crippen molar-refractivity contribution in [3.63, 3.8) is 0 Å². The van der Waals surface area contributed by atoms with Gasteiger partial charge in [0.25, 0.3) is 0 Å². The third-order valence-corrected chi connectivity index (χ3v) is 4.60. The number of halogens is 1. The van der Waals surface area contributed by atoms with Crippen molar-refractivity contribution < 1.29 is 4.74 Å². The lowest BCUT2D eigenvalue weighted by Gasteiger charge is -2.16. The monoisotopic (exact) mass is 345 g/mol. The Bertz CT molecular complexity index is 632. The fourth-order valence-electron chi connectivity index (χ4n) is 3.06. The molecule has 0 aliphatic rings. The largest absolute Gasteiger partial charge is 0.493 e. The van der Waals surface area contributed by atoms with Crippen molar-refractivity contribution >= 4 is 11.6 Å². The number of alkyl halides is 1. The number of unbranched alkanes of at least 4 members (excludes halogenated alkanes) is 1. The van der Waals surface area contributed by atoms with Gasteiger partial charge in [0.1, 0.15) is 5.75 Å². The second-order valence-corrected chi connectivity index (χ2v) is 6.29. The van der Waals surface area contributed by atoms with Crippen LogP contribution in [0.2, 0.25) is 0 Å². The van der Waals surface area contributed by atoms with E-state index in [1.165, 1.54) is 22.3 Å². The Balaban J connectivity index is 2.43. The van der Waals surface area contributed by atoms with Crippen LogP contribution in [-0.2, 0) is 19.3 Å². The molecule has 0 saturated heterocycles. The maximum absolute atomic E-state index is 5.90. The van der Waals surface area contributed by atoms with Crippen LogP contribution >= 0.6 is 11.6 Å². The Morgan fingerprint density at radius 2 is 1.71 bits per heavy atom. The van der Waals surface area contributed by atoms with Crippen LogP contribution < -0.4 is 4.74 Å². The lowest BCUT2D eigenvalue weighted by molar-refractivity contribution is 0.336. The van der Waals surface area contributed by atoms with Gasteiger partial charge >= 0.3 is 0 Å². The Morgan fingerprint density at radius 3 is 2.29 bits per heavy atom. The average molecular weight is 346 g/mol. The summed E-state index contributed by atoms with van der Waals surface area (Å²) in [5.74, 6) is 1.67. The molecule has 0 aliphatic heterocycles. The van der Waals surface area contributed by atoms with Crippen LogP contribution in [0, 0.1) is 0 Å². The molecule has 0 amide bonds. The van der Waals surface area contributed by atoms with Crippen molar-refractivity contribution in [1.82, 2.24) is 4.98 Å². The minimum absolute atomic E-state index is 0.669. The van der Waals surface area contributed by atoms with Gasteiger partial charge in [-0.2, -0.15) is 0 Å². The molecule has 0 fully saturated rings. The second-order valence-electron chi connectivity index (χ2n) is 5.91. The Morgan fingerprint density at radius 1 is 1.00 bits per heavy atom. The molecular weight excluding hydrogens is 318 g/mol. The topological polar surface area (TPSA) is 22.1 Å². The number of ether oxygens (including phenoxy) is 1. The van der Waals surface area contributed by atoms with Gasteiger partial charge in [-0.05, 0) is 50.2 Å². The van der Waals surface area contributed by atoms with Crippen LogP contribution in [0.5, 0.6) is 5.75 Å². The van der Waals surface area contributed by atoms with Gasteiger partial charge in [-0.3, -0.25) is 4.98 Å². The molecule has 0 radical (unpaired) electrons. The van der Waals surface area contributed by atoms with E-state index in [4.69, 9.17) is 21.3 Å². The van der Waals surface area contributed by atoms with Crippen molar-refractivity contribution in [2.45, 2.75) is 52.9 Å². The predicted molar refractivity (Wildman–Crippen MR) is 103 cm³/mol. The average Bonchev–Trinajstić information content (AvgIpc) is 2.62. The zero-order valence-electron chi connectivity index (χ0n) is 15.1. The molecule has 0 atom stereocenters. The van der Waals surface area contributed by atoms with Gasteiger partial charge in [0.2, 0.25) is 0 Å². The summed E-state index contributed by atoms with van der Waals surface area (Å²) in [5.41, 5.74) is 6.17. The highest BCUT2D eigenvalue weighted by molar-refractivity contribution is 6.17. The van der Waals surface area contributed by atoms with Crippen LogP contribution in [0.1, 0.15) is 50.3 Å². The van der Waals surface area contributed by atoms with Crippen LogP contribution in [0.3, 0.4) is 0 Å². The molecule has 0 aliphatic carbocycles. The first-order valence-electron chi connectivity index (χ1n) is 9.03. The van der Waals surface area contributed by atoms with E-state index in [-0.39, 0.29) is 0 Å². The molecule has 24 heavy (non-hydrogen) atoms. The van der Waals surface area contributed by atoms with Crippen LogP contribution in [-0.4, -0.2) is 17.5 Å². The van der Waals surface area contributed by atoms with Crippen LogP contribution in [0.4, 0.5) is 0 Å². The lowest BCUT2D eigenvalue weighted by atomic mass is 9.94. The lowest BCUT2D eigenvalue weighted by Crippen LogP contribution is -2.01. The van der Waals surface area contributed by atoms with Crippen LogP contribution in [0.15, 0.2) is 30.5 Å². The first kappa shape index (κ1) is 18.8. The molecule has 2 nitrogen and oxygen atoms in total. The Hall–Kier alpha value is -1.54. The smallest absolute Gasteiger partial charge is 0.126 e. The van der Waals surface area contributed by atoms with Crippen molar-refractivity contribution in [2.24, 2.45) is 0 Å². The summed E-state index contributed by atoms with van der Waals surface area (Å²) in [5, 5.41) is 0. The molecular formula is C21H28ClNO. The van der Waals surface area contributed by atoms with E-state index < -0.39 is 0 Å². The quantitative estimate of drug-likeness (QED) is 0.421. The predicted octanol–water partition coefficient (Wildman–Crippen LogP) is 5.83. The molecule has 0 saturated carbocycles. The molecule has 1 heterocycles. The molecule has 0 spiro atoms. The number of rotatable bonds is 9. The zero-order valence-corrected chi connectivity index (χ0v) is 15.8. The van der Waals surface area contributed by atoms with Crippen molar-refractivity contribution in [3.05, 3.63) is 47.2 Å². The normalized spacial score (nSPS) is 10.8. The molecule has 2 rings (SSSR count). The third kappa shape index (κ3) is 4.51. The van der Waals surface area contributed by atoms with Gasteiger partial charge in [0, 0.05) is 29.3 Å². The number of nitrogens with zero attached hydrogens (tertiary/aromatic N) is 1. The van der Waals surface area contributed by atoms with Gasteiger partial charge in [0.05, 0.1) is 12.3 Å². The summed E-state index contributed by atoms with van der Waals surface area (Å²) in [6.45, 7) is 7.09. The fourth-order valence-corrected chi connectivity index (χ4v) is 3.25. The number of aromatic nitrogens is 1. The number of pyridine rings is 1. The van der Waals surface area contributed by atoms with Crippen molar-refractivity contribution in [3.8, 4) is 17.0 Å². The van der Waals surface area contributed by atoms with E-state index in [2.05, 4.69) is 38.1 Å². The van der Waals surface area contributed by atoms with E-state index in [1.54, 1.807) is 0 Å². The number of benzene rings is 1. The van der Waals surface area contributed by atoms with E-state index >= 15 is 0 Å². The van der Waals surface area contributed by atoms with Gasteiger partial charge in [-0.25, -0.2) is 0 Å². The number of hydrogen-bond acceptors (Lipinski definition) is 2. The first-order valence-corrected chi connectivity index (χ1v) is 9.57. The molecule has 0 bridgehead atoms. The van der Waals surface area contributed by atoms with Gasteiger partial charge < -0.3 is 4.74 Å². The highest BCUT2D eigenvalue weighted by Gasteiger charge is 2.13. The standard InChI is InChI=1S/C21H28ClNO/c1-4-16-11-9-12-17(5-2)21(16)19-14-20(24-6-3)18(15-23-19)10-7-8-13-22/h9,11-12,14-15H,4-8,10,13H2,1-3H3.